The molecule has 17 heavy (non-hydrogen) atoms. The standard InChI is InChI=1S/C12H16N2O2.Na/c15-12(16)10-13-6-8-14(9-7-13)11-4-2-1-3-5-11;/h1-5H,6-10H2,(H,15,16);/q;+1/p-1. The van der Waals surface area contributed by atoms with Gasteiger partial charge in [-0.1, -0.05) is 18.2 Å². The molecule has 5 heteroatoms. The summed E-state index contributed by atoms with van der Waals surface area (Å²) in [5.41, 5.74) is 1.20. The number of rotatable bonds is 3. The summed E-state index contributed by atoms with van der Waals surface area (Å²) < 4.78 is 0. The van der Waals surface area contributed by atoms with Gasteiger partial charge >= 0.3 is 29.6 Å². The summed E-state index contributed by atoms with van der Waals surface area (Å²) in [5, 5.41) is 10.5. The molecule has 2 rings (SSSR count). The van der Waals surface area contributed by atoms with Gasteiger partial charge in [0.15, 0.2) is 0 Å². The topological polar surface area (TPSA) is 46.6 Å². The summed E-state index contributed by atoms with van der Waals surface area (Å²) in [4.78, 5) is 14.6. The normalized spacial score (nSPS) is 16.4. The van der Waals surface area contributed by atoms with Crippen molar-refractivity contribution < 1.29 is 39.5 Å². The number of carbonyl (C=O) groups excluding carboxylic acids is 1. The first kappa shape index (κ1) is 14.5. The van der Waals surface area contributed by atoms with E-state index in [0.717, 1.165) is 26.2 Å². The molecule has 0 unspecified atom stereocenters. The smallest absolute Gasteiger partial charge is 0.549 e. The van der Waals surface area contributed by atoms with E-state index < -0.39 is 5.97 Å². The molecule has 0 N–H and O–H groups in total. The Hall–Kier alpha value is -0.550. The molecular weight excluding hydrogens is 227 g/mol. The molecule has 0 aliphatic carbocycles. The van der Waals surface area contributed by atoms with E-state index >= 15 is 0 Å². The minimum atomic E-state index is -0.992. The molecule has 0 atom stereocenters. The van der Waals surface area contributed by atoms with Crippen LogP contribution in [0.25, 0.3) is 0 Å². The number of aliphatic carboxylic acids is 1. The van der Waals surface area contributed by atoms with Gasteiger partial charge in [0.05, 0.1) is 5.97 Å². The van der Waals surface area contributed by atoms with Crippen molar-refractivity contribution in [3.05, 3.63) is 30.3 Å². The fourth-order valence-corrected chi connectivity index (χ4v) is 1.99. The van der Waals surface area contributed by atoms with E-state index in [1.165, 1.54) is 5.69 Å². The summed E-state index contributed by atoms with van der Waals surface area (Å²) >= 11 is 0. The first-order valence-electron chi connectivity index (χ1n) is 5.48. The van der Waals surface area contributed by atoms with E-state index in [1.54, 1.807) is 0 Å². The van der Waals surface area contributed by atoms with Gasteiger partial charge in [0, 0.05) is 38.4 Å². The predicted molar refractivity (Wildman–Crippen MR) is 60.1 cm³/mol. The van der Waals surface area contributed by atoms with Crippen molar-refractivity contribution >= 4 is 11.7 Å². The molecule has 1 fully saturated rings. The van der Waals surface area contributed by atoms with Gasteiger partial charge in [-0.15, -0.1) is 0 Å². The maximum atomic E-state index is 10.5. The number of anilines is 1. The number of hydrogen-bond acceptors (Lipinski definition) is 4. The predicted octanol–water partition coefficient (Wildman–Crippen LogP) is -3.44. The van der Waals surface area contributed by atoms with E-state index in [0.29, 0.717) is 0 Å². The number of para-hydroxylation sites is 1. The molecular formula is C12H15N2NaO2. The van der Waals surface area contributed by atoms with Crippen molar-refractivity contribution in [2.45, 2.75) is 0 Å². The summed E-state index contributed by atoms with van der Waals surface area (Å²) in [6.45, 7) is 3.35. The van der Waals surface area contributed by atoms with Crippen molar-refractivity contribution in [1.82, 2.24) is 4.90 Å². The molecule has 1 aliphatic rings. The molecule has 1 heterocycles. The fourth-order valence-electron chi connectivity index (χ4n) is 1.99. The Morgan fingerprint density at radius 2 is 1.71 bits per heavy atom. The largest absolute Gasteiger partial charge is 1.00 e. The van der Waals surface area contributed by atoms with E-state index in [4.69, 9.17) is 0 Å². The number of carbonyl (C=O) groups is 1. The molecule has 0 bridgehead atoms. The number of hydrogen-bond donors (Lipinski definition) is 0. The average Bonchev–Trinajstić information content (AvgIpc) is 2.30. The summed E-state index contributed by atoms with van der Waals surface area (Å²) in [6, 6.07) is 10.2. The molecule has 0 saturated carbocycles. The fraction of sp³-hybridized carbons (Fsp3) is 0.417. The van der Waals surface area contributed by atoms with Crippen LogP contribution in [-0.2, 0) is 4.79 Å². The minimum absolute atomic E-state index is 0. The van der Waals surface area contributed by atoms with Crippen LogP contribution in [0, 0.1) is 0 Å². The average molecular weight is 242 g/mol. The molecule has 0 aromatic heterocycles. The monoisotopic (exact) mass is 242 g/mol. The van der Waals surface area contributed by atoms with Gasteiger partial charge in [0.25, 0.3) is 0 Å². The molecule has 86 valence electrons. The minimum Gasteiger partial charge on any atom is -0.549 e. The quantitative estimate of drug-likeness (QED) is 0.518. The first-order valence-corrected chi connectivity index (χ1v) is 5.48. The zero-order valence-electron chi connectivity index (χ0n) is 10.1. The Balaban J connectivity index is 0.00000144. The van der Waals surface area contributed by atoms with Crippen LogP contribution in [0.3, 0.4) is 0 Å². The second-order valence-electron chi connectivity index (χ2n) is 3.97. The van der Waals surface area contributed by atoms with Gasteiger partial charge in [0.2, 0.25) is 0 Å². The van der Waals surface area contributed by atoms with Crippen LogP contribution in [0.2, 0.25) is 0 Å². The van der Waals surface area contributed by atoms with Crippen LogP contribution in [0.5, 0.6) is 0 Å². The van der Waals surface area contributed by atoms with Gasteiger partial charge in [-0.05, 0) is 12.1 Å². The molecule has 0 radical (unpaired) electrons. The van der Waals surface area contributed by atoms with E-state index in [-0.39, 0.29) is 36.1 Å². The van der Waals surface area contributed by atoms with E-state index in [2.05, 4.69) is 17.0 Å². The number of benzene rings is 1. The Morgan fingerprint density at radius 3 is 2.24 bits per heavy atom. The maximum absolute atomic E-state index is 10.5. The third kappa shape index (κ3) is 4.32. The summed E-state index contributed by atoms with van der Waals surface area (Å²) in [5.74, 6) is -0.992. The Bertz CT molecular complexity index is 351. The maximum Gasteiger partial charge on any atom is 1.00 e. The number of piperazine rings is 1. The van der Waals surface area contributed by atoms with Crippen molar-refractivity contribution in [3.8, 4) is 0 Å². The van der Waals surface area contributed by atoms with Gasteiger partial charge in [-0.3, -0.25) is 4.90 Å². The van der Waals surface area contributed by atoms with E-state index in [1.807, 2.05) is 23.1 Å². The van der Waals surface area contributed by atoms with Crippen molar-refractivity contribution in [2.75, 3.05) is 37.6 Å². The van der Waals surface area contributed by atoms with Crippen molar-refractivity contribution in [1.29, 1.82) is 0 Å². The summed E-state index contributed by atoms with van der Waals surface area (Å²) in [7, 11) is 0. The number of carboxylic acids is 1. The Kier molecular flexibility index (Phi) is 5.98. The van der Waals surface area contributed by atoms with Crippen molar-refractivity contribution in [3.63, 3.8) is 0 Å². The van der Waals surface area contributed by atoms with Gasteiger partial charge < -0.3 is 14.8 Å². The molecule has 4 nitrogen and oxygen atoms in total. The second kappa shape index (κ2) is 7.01. The van der Waals surface area contributed by atoms with Crippen LogP contribution in [0.1, 0.15) is 0 Å². The zero-order chi connectivity index (χ0) is 11.4. The zero-order valence-corrected chi connectivity index (χ0v) is 12.1. The SMILES string of the molecule is O=C([O-])CN1CCN(c2ccccc2)CC1.[Na+]. The number of nitrogens with zero attached hydrogens (tertiary/aromatic N) is 2. The molecule has 1 aromatic carbocycles. The van der Waals surface area contributed by atoms with Crippen LogP contribution in [0.15, 0.2) is 30.3 Å². The van der Waals surface area contributed by atoms with Crippen LogP contribution < -0.4 is 39.6 Å². The molecule has 1 aliphatic heterocycles. The van der Waals surface area contributed by atoms with Gasteiger partial charge in [0.1, 0.15) is 0 Å². The number of carboxylic acid groups (broad SMARTS) is 1. The molecule has 0 amide bonds. The van der Waals surface area contributed by atoms with Crippen LogP contribution in [-0.4, -0.2) is 43.6 Å². The van der Waals surface area contributed by atoms with Crippen molar-refractivity contribution in [2.24, 2.45) is 0 Å². The Morgan fingerprint density at radius 1 is 1.12 bits per heavy atom. The van der Waals surface area contributed by atoms with Crippen LogP contribution in [0.4, 0.5) is 5.69 Å². The summed E-state index contributed by atoms with van der Waals surface area (Å²) in [6.07, 6.45) is 0. The molecule has 1 aromatic rings. The van der Waals surface area contributed by atoms with Gasteiger partial charge in [-0.2, -0.15) is 0 Å². The van der Waals surface area contributed by atoms with Crippen LogP contribution >= 0.6 is 0 Å². The third-order valence-corrected chi connectivity index (χ3v) is 2.85. The third-order valence-electron chi connectivity index (χ3n) is 2.85. The molecule has 1 saturated heterocycles. The van der Waals surface area contributed by atoms with E-state index in [9.17, 15) is 9.90 Å². The Labute approximate surface area is 124 Å². The first-order chi connectivity index (χ1) is 7.75. The second-order valence-corrected chi connectivity index (χ2v) is 3.97. The van der Waals surface area contributed by atoms with Gasteiger partial charge in [-0.25, -0.2) is 0 Å². The molecule has 0 spiro atoms.